The number of likely N-dealkylation sites (tertiary alicyclic amines) is 1. The standard InChI is InChI=1S/C18H26N2O3/c1-22-9-5-16-11-18(23-13-16)6-3-8-20(14-18)17(21)10-15-4-2-7-19-12-15/h2,4,7,12,16H,3,5-6,8-11,13-14H2,1H3/t16-,18-/m0/s1. The van der Waals surface area contributed by atoms with E-state index in [0.29, 0.717) is 12.3 Å². The van der Waals surface area contributed by atoms with Gasteiger partial charge in [-0.3, -0.25) is 9.78 Å². The molecule has 126 valence electrons. The van der Waals surface area contributed by atoms with Gasteiger partial charge in [-0.2, -0.15) is 0 Å². The first kappa shape index (κ1) is 16.4. The molecular weight excluding hydrogens is 292 g/mol. The molecule has 1 aromatic heterocycles. The van der Waals surface area contributed by atoms with Crippen LogP contribution < -0.4 is 0 Å². The van der Waals surface area contributed by atoms with Gasteiger partial charge in [0.15, 0.2) is 0 Å². The Hall–Kier alpha value is -1.46. The second-order valence-corrected chi connectivity index (χ2v) is 6.80. The van der Waals surface area contributed by atoms with Gasteiger partial charge in [0, 0.05) is 39.2 Å². The van der Waals surface area contributed by atoms with Gasteiger partial charge in [-0.15, -0.1) is 0 Å². The lowest BCUT2D eigenvalue weighted by molar-refractivity contribution is -0.138. The van der Waals surface area contributed by atoms with E-state index in [-0.39, 0.29) is 11.5 Å². The molecule has 1 spiro atoms. The third-order valence-electron chi connectivity index (χ3n) is 4.99. The predicted octanol–water partition coefficient (Wildman–Crippen LogP) is 2.06. The molecule has 23 heavy (non-hydrogen) atoms. The minimum Gasteiger partial charge on any atom is -0.385 e. The predicted molar refractivity (Wildman–Crippen MR) is 87.0 cm³/mol. The molecule has 5 heteroatoms. The number of amides is 1. The molecule has 1 amide bonds. The summed E-state index contributed by atoms with van der Waals surface area (Å²) < 4.78 is 11.3. The average molecular weight is 318 g/mol. The van der Waals surface area contributed by atoms with E-state index in [1.165, 1.54) is 0 Å². The molecule has 0 bridgehead atoms. The molecule has 2 aliphatic rings. The summed E-state index contributed by atoms with van der Waals surface area (Å²) in [5.74, 6) is 0.740. The second kappa shape index (κ2) is 7.41. The number of carbonyl (C=O) groups excluding carboxylic acids is 1. The van der Waals surface area contributed by atoms with E-state index in [9.17, 15) is 4.79 Å². The van der Waals surface area contributed by atoms with Crippen molar-refractivity contribution >= 4 is 5.91 Å². The summed E-state index contributed by atoms with van der Waals surface area (Å²) in [6, 6.07) is 3.83. The van der Waals surface area contributed by atoms with Gasteiger partial charge in [0.1, 0.15) is 0 Å². The zero-order valence-electron chi connectivity index (χ0n) is 13.9. The van der Waals surface area contributed by atoms with Crippen molar-refractivity contribution < 1.29 is 14.3 Å². The minimum atomic E-state index is -0.124. The molecule has 0 N–H and O–H groups in total. The summed E-state index contributed by atoms with van der Waals surface area (Å²) in [6.45, 7) is 3.16. The van der Waals surface area contributed by atoms with Crippen molar-refractivity contribution in [3.63, 3.8) is 0 Å². The SMILES string of the molecule is COCC[C@@H]1CO[C@@]2(CCCN(C(=O)Cc3cccnc3)C2)C1. The largest absolute Gasteiger partial charge is 0.385 e. The molecule has 0 aliphatic carbocycles. The molecule has 2 atom stereocenters. The molecular formula is C18H26N2O3. The van der Waals surface area contributed by atoms with Gasteiger partial charge in [-0.05, 0) is 43.2 Å². The van der Waals surface area contributed by atoms with E-state index >= 15 is 0 Å². The summed E-state index contributed by atoms with van der Waals surface area (Å²) in [6.07, 6.45) is 8.11. The molecule has 2 fully saturated rings. The van der Waals surface area contributed by atoms with Gasteiger partial charge >= 0.3 is 0 Å². The van der Waals surface area contributed by atoms with Crippen molar-refractivity contribution in [1.82, 2.24) is 9.88 Å². The summed E-state index contributed by atoms with van der Waals surface area (Å²) in [4.78, 5) is 18.7. The Morgan fingerprint density at radius 3 is 3.26 bits per heavy atom. The number of hydrogen-bond acceptors (Lipinski definition) is 4. The first-order chi connectivity index (χ1) is 11.2. The lowest BCUT2D eigenvalue weighted by atomic mass is 9.85. The molecule has 0 unspecified atom stereocenters. The minimum absolute atomic E-state index is 0.124. The Kier molecular flexibility index (Phi) is 5.28. The summed E-state index contributed by atoms with van der Waals surface area (Å²) in [5, 5.41) is 0. The number of hydrogen-bond donors (Lipinski definition) is 0. The van der Waals surface area contributed by atoms with Gasteiger partial charge < -0.3 is 14.4 Å². The van der Waals surface area contributed by atoms with Crippen LogP contribution in [0.5, 0.6) is 0 Å². The number of aromatic nitrogens is 1. The third kappa shape index (κ3) is 4.09. The van der Waals surface area contributed by atoms with Crippen LogP contribution in [0.1, 0.15) is 31.2 Å². The zero-order valence-corrected chi connectivity index (χ0v) is 13.9. The van der Waals surface area contributed by atoms with E-state index in [0.717, 1.165) is 57.6 Å². The smallest absolute Gasteiger partial charge is 0.227 e. The Balaban J connectivity index is 1.57. The Morgan fingerprint density at radius 2 is 2.48 bits per heavy atom. The van der Waals surface area contributed by atoms with E-state index in [2.05, 4.69) is 4.98 Å². The second-order valence-electron chi connectivity index (χ2n) is 6.80. The molecule has 2 aliphatic heterocycles. The highest BCUT2D eigenvalue weighted by molar-refractivity contribution is 5.78. The molecule has 1 aromatic rings. The number of piperidine rings is 1. The number of ether oxygens (including phenoxy) is 2. The maximum atomic E-state index is 12.6. The van der Waals surface area contributed by atoms with E-state index in [1.807, 2.05) is 17.0 Å². The van der Waals surface area contributed by atoms with Crippen LogP contribution in [0.2, 0.25) is 0 Å². The van der Waals surface area contributed by atoms with Crippen LogP contribution in [0, 0.1) is 5.92 Å². The fraction of sp³-hybridized carbons (Fsp3) is 0.667. The van der Waals surface area contributed by atoms with Crippen LogP contribution in [0.3, 0.4) is 0 Å². The average Bonchev–Trinajstić information content (AvgIpc) is 2.96. The first-order valence-corrected chi connectivity index (χ1v) is 8.50. The summed E-state index contributed by atoms with van der Waals surface area (Å²) in [5.41, 5.74) is 0.851. The Morgan fingerprint density at radius 1 is 1.57 bits per heavy atom. The van der Waals surface area contributed by atoms with Crippen LogP contribution in [0.4, 0.5) is 0 Å². The number of methoxy groups -OCH3 is 1. The van der Waals surface area contributed by atoms with Crippen molar-refractivity contribution in [2.75, 3.05) is 33.4 Å². The third-order valence-corrected chi connectivity index (χ3v) is 4.99. The van der Waals surface area contributed by atoms with Crippen molar-refractivity contribution in [1.29, 1.82) is 0 Å². The highest BCUT2D eigenvalue weighted by Crippen LogP contribution is 2.38. The number of carbonyl (C=O) groups is 1. The van der Waals surface area contributed by atoms with Crippen molar-refractivity contribution in [2.24, 2.45) is 5.92 Å². The Labute approximate surface area is 138 Å². The van der Waals surface area contributed by atoms with Crippen molar-refractivity contribution in [3.05, 3.63) is 30.1 Å². The fourth-order valence-corrected chi connectivity index (χ4v) is 3.79. The topological polar surface area (TPSA) is 51.7 Å². The van der Waals surface area contributed by atoms with E-state index < -0.39 is 0 Å². The van der Waals surface area contributed by atoms with Crippen molar-refractivity contribution in [3.8, 4) is 0 Å². The number of nitrogens with zero attached hydrogens (tertiary/aromatic N) is 2. The van der Waals surface area contributed by atoms with Gasteiger partial charge in [-0.25, -0.2) is 0 Å². The van der Waals surface area contributed by atoms with Gasteiger partial charge in [-0.1, -0.05) is 6.07 Å². The lowest BCUT2D eigenvalue weighted by Gasteiger charge is -2.40. The van der Waals surface area contributed by atoms with Crippen LogP contribution in [0.15, 0.2) is 24.5 Å². The van der Waals surface area contributed by atoms with E-state index in [1.54, 1.807) is 19.5 Å². The molecule has 0 radical (unpaired) electrons. The molecule has 2 saturated heterocycles. The Bertz CT molecular complexity index is 522. The molecule has 5 nitrogen and oxygen atoms in total. The first-order valence-electron chi connectivity index (χ1n) is 8.50. The monoisotopic (exact) mass is 318 g/mol. The highest BCUT2D eigenvalue weighted by atomic mass is 16.5. The maximum absolute atomic E-state index is 12.6. The zero-order chi connectivity index (χ0) is 16.1. The maximum Gasteiger partial charge on any atom is 0.227 e. The molecule has 3 rings (SSSR count). The quantitative estimate of drug-likeness (QED) is 0.834. The number of rotatable bonds is 5. The van der Waals surface area contributed by atoms with Gasteiger partial charge in [0.05, 0.1) is 18.6 Å². The van der Waals surface area contributed by atoms with Crippen LogP contribution >= 0.6 is 0 Å². The normalized spacial score (nSPS) is 27.5. The summed E-state index contributed by atoms with van der Waals surface area (Å²) >= 11 is 0. The fourth-order valence-electron chi connectivity index (χ4n) is 3.79. The molecule has 3 heterocycles. The summed E-state index contributed by atoms with van der Waals surface area (Å²) in [7, 11) is 1.74. The van der Waals surface area contributed by atoms with Crippen LogP contribution in [0.25, 0.3) is 0 Å². The van der Waals surface area contributed by atoms with Crippen LogP contribution in [-0.4, -0.2) is 54.8 Å². The van der Waals surface area contributed by atoms with Gasteiger partial charge in [0.25, 0.3) is 0 Å². The molecule has 0 saturated carbocycles. The molecule has 0 aromatic carbocycles. The van der Waals surface area contributed by atoms with Gasteiger partial charge in [0.2, 0.25) is 5.91 Å². The van der Waals surface area contributed by atoms with Crippen LogP contribution in [-0.2, 0) is 20.7 Å². The lowest BCUT2D eigenvalue weighted by Crippen LogP contribution is -2.50. The van der Waals surface area contributed by atoms with E-state index in [4.69, 9.17) is 9.47 Å². The van der Waals surface area contributed by atoms with Crippen molar-refractivity contribution in [2.45, 2.75) is 37.7 Å². The highest BCUT2D eigenvalue weighted by Gasteiger charge is 2.44. The number of pyridine rings is 1.